The summed E-state index contributed by atoms with van der Waals surface area (Å²) in [5, 5.41) is 7.00. The van der Waals surface area contributed by atoms with Crippen molar-refractivity contribution in [2.24, 2.45) is 7.05 Å². The lowest BCUT2D eigenvalue weighted by molar-refractivity contribution is 0.0954. The van der Waals surface area contributed by atoms with Gasteiger partial charge in [-0.25, -0.2) is 0 Å². The number of carbonyl (C=O) groups is 1. The molecule has 94 valence electrons. The van der Waals surface area contributed by atoms with Crippen LogP contribution < -0.4 is 5.32 Å². The summed E-state index contributed by atoms with van der Waals surface area (Å²) in [6.07, 6.45) is 2.54. The van der Waals surface area contributed by atoms with Gasteiger partial charge in [0.05, 0.1) is 0 Å². The van der Waals surface area contributed by atoms with E-state index in [0.717, 1.165) is 15.7 Å². The second-order valence-electron chi connectivity index (χ2n) is 3.96. The average Bonchev–Trinajstić information content (AvgIpc) is 2.75. The Morgan fingerprint density at radius 2 is 2.28 bits per heavy atom. The predicted octanol–water partition coefficient (Wildman–Crippen LogP) is 2.00. The minimum atomic E-state index is -0.0318. The van der Waals surface area contributed by atoms with Gasteiger partial charge in [0.1, 0.15) is 0 Å². The molecule has 0 unspecified atom stereocenters. The van der Waals surface area contributed by atoms with Gasteiger partial charge in [-0.15, -0.1) is 0 Å². The van der Waals surface area contributed by atoms with Crippen LogP contribution >= 0.6 is 22.6 Å². The molecule has 1 aromatic carbocycles. The fraction of sp³-hybridized carbons (Fsp3) is 0.231. The molecule has 0 aliphatic carbocycles. The number of rotatable bonds is 4. The topological polar surface area (TPSA) is 46.9 Å². The van der Waals surface area contributed by atoms with Crippen molar-refractivity contribution in [3.63, 3.8) is 0 Å². The van der Waals surface area contributed by atoms with E-state index in [4.69, 9.17) is 0 Å². The highest BCUT2D eigenvalue weighted by Crippen LogP contribution is 2.07. The van der Waals surface area contributed by atoms with Gasteiger partial charge in [0, 0.05) is 41.0 Å². The fourth-order valence-electron chi connectivity index (χ4n) is 1.68. The number of hydrogen-bond donors (Lipinski definition) is 1. The molecule has 2 rings (SSSR count). The Morgan fingerprint density at radius 3 is 2.94 bits per heavy atom. The fourth-order valence-corrected chi connectivity index (χ4v) is 2.23. The Kier molecular flexibility index (Phi) is 4.35. The molecule has 0 aliphatic heterocycles. The van der Waals surface area contributed by atoms with Crippen molar-refractivity contribution in [2.75, 3.05) is 6.54 Å². The molecule has 0 spiro atoms. The van der Waals surface area contributed by atoms with Crippen molar-refractivity contribution in [1.82, 2.24) is 15.1 Å². The first-order chi connectivity index (χ1) is 8.66. The van der Waals surface area contributed by atoms with Crippen molar-refractivity contribution in [3.8, 4) is 0 Å². The van der Waals surface area contributed by atoms with Crippen LogP contribution in [0.4, 0.5) is 0 Å². The van der Waals surface area contributed by atoms with Gasteiger partial charge in [0.15, 0.2) is 0 Å². The van der Waals surface area contributed by atoms with Gasteiger partial charge in [-0.2, -0.15) is 5.10 Å². The zero-order valence-electron chi connectivity index (χ0n) is 10.1. The molecule has 1 aromatic heterocycles. The third-order valence-corrected chi connectivity index (χ3v) is 3.35. The Balaban J connectivity index is 1.87. The second-order valence-corrected chi connectivity index (χ2v) is 5.21. The standard InChI is InChI=1S/C13H14IN3O/c1-17-12(6-8-16-17)5-7-15-13(18)10-3-2-4-11(14)9-10/h2-4,6,8-9H,5,7H2,1H3,(H,15,18). The summed E-state index contributed by atoms with van der Waals surface area (Å²) in [6.45, 7) is 0.615. The third kappa shape index (κ3) is 3.32. The molecule has 2 aromatic rings. The zero-order chi connectivity index (χ0) is 13.0. The molecule has 1 amide bonds. The van der Waals surface area contributed by atoms with E-state index in [1.165, 1.54) is 0 Å². The first-order valence-corrected chi connectivity index (χ1v) is 6.75. The average molecular weight is 355 g/mol. The van der Waals surface area contributed by atoms with Crippen LogP contribution in [0.25, 0.3) is 0 Å². The summed E-state index contributed by atoms with van der Waals surface area (Å²) in [6, 6.07) is 9.50. The van der Waals surface area contributed by atoms with E-state index in [1.54, 1.807) is 6.20 Å². The molecular weight excluding hydrogens is 341 g/mol. The van der Waals surface area contributed by atoms with Crippen molar-refractivity contribution in [1.29, 1.82) is 0 Å². The zero-order valence-corrected chi connectivity index (χ0v) is 12.2. The molecule has 1 N–H and O–H groups in total. The number of aryl methyl sites for hydroxylation is 1. The quantitative estimate of drug-likeness (QED) is 0.853. The van der Waals surface area contributed by atoms with Crippen molar-refractivity contribution in [2.45, 2.75) is 6.42 Å². The summed E-state index contributed by atoms with van der Waals surface area (Å²) in [7, 11) is 1.90. The number of nitrogens with one attached hydrogen (secondary N) is 1. The van der Waals surface area contributed by atoms with Crippen LogP contribution in [-0.4, -0.2) is 22.2 Å². The summed E-state index contributed by atoms with van der Waals surface area (Å²) in [5.74, 6) is -0.0318. The van der Waals surface area contributed by atoms with Crippen LogP contribution in [0.5, 0.6) is 0 Å². The smallest absolute Gasteiger partial charge is 0.251 e. The van der Waals surface area contributed by atoms with Crippen LogP contribution in [0.3, 0.4) is 0 Å². The number of halogens is 1. The molecular formula is C13H14IN3O. The lowest BCUT2D eigenvalue weighted by Gasteiger charge is -2.06. The maximum Gasteiger partial charge on any atom is 0.251 e. The molecule has 4 nitrogen and oxygen atoms in total. The van der Waals surface area contributed by atoms with E-state index in [0.29, 0.717) is 12.1 Å². The highest BCUT2D eigenvalue weighted by molar-refractivity contribution is 14.1. The lowest BCUT2D eigenvalue weighted by Crippen LogP contribution is -2.26. The Morgan fingerprint density at radius 1 is 1.44 bits per heavy atom. The van der Waals surface area contributed by atoms with Crippen LogP contribution in [0.2, 0.25) is 0 Å². The van der Waals surface area contributed by atoms with Crippen LogP contribution in [-0.2, 0) is 13.5 Å². The predicted molar refractivity (Wildman–Crippen MR) is 78.4 cm³/mol. The van der Waals surface area contributed by atoms with Gasteiger partial charge < -0.3 is 5.32 Å². The Hall–Kier alpha value is -1.37. The van der Waals surface area contributed by atoms with Crippen molar-refractivity contribution < 1.29 is 4.79 Å². The minimum Gasteiger partial charge on any atom is -0.352 e. The van der Waals surface area contributed by atoms with Crippen molar-refractivity contribution >= 4 is 28.5 Å². The van der Waals surface area contributed by atoms with Gasteiger partial charge >= 0.3 is 0 Å². The van der Waals surface area contributed by atoms with E-state index >= 15 is 0 Å². The Labute approximate surface area is 120 Å². The SMILES string of the molecule is Cn1nccc1CCNC(=O)c1cccc(I)c1. The van der Waals surface area contributed by atoms with Gasteiger partial charge in [-0.3, -0.25) is 9.48 Å². The molecule has 0 aliphatic rings. The van der Waals surface area contributed by atoms with Gasteiger partial charge in [-0.05, 0) is 46.9 Å². The summed E-state index contributed by atoms with van der Waals surface area (Å²) in [4.78, 5) is 11.9. The molecule has 0 atom stereocenters. The molecule has 0 radical (unpaired) electrons. The van der Waals surface area contributed by atoms with Crippen LogP contribution in [0.15, 0.2) is 36.5 Å². The molecule has 0 saturated carbocycles. The number of nitrogens with zero attached hydrogens (tertiary/aromatic N) is 2. The van der Waals surface area contributed by atoms with E-state index < -0.39 is 0 Å². The third-order valence-electron chi connectivity index (χ3n) is 2.68. The number of aromatic nitrogens is 2. The van der Waals surface area contributed by atoms with E-state index in [2.05, 4.69) is 33.0 Å². The Bertz CT molecular complexity index is 551. The monoisotopic (exact) mass is 355 g/mol. The summed E-state index contributed by atoms with van der Waals surface area (Å²) < 4.78 is 2.88. The highest BCUT2D eigenvalue weighted by Gasteiger charge is 2.05. The van der Waals surface area contributed by atoms with Gasteiger partial charge in [0.25, 0.3) is 5.91 Å². The molecule has 0 saturated heterocycles. The summed E-state index contributed by atoms with van der Waals surface area (Å²) in [5.41, 5.74) is 1.81. The number of carbonyl (C=O) groups excluding carboxylic acids is 1. The molecule has 1 heterocycles. The second kappa shape index (κ2) is 5.99. The maximum absolute atomic E-state index is 11.9. The first kappa shape index (κ1) is 13.1. The largest absolute Gasteiger partial charge is 0.352 e. The highest BCUT2D eigenvalue weighted by atomic mass is 127. The molecule has 0 bridgehead atoms. The van der Waals surface area contributed by atoms with E-state index in [1.807, 2.05) is 42.1 Å². The van der Waals surface area contributed by atoms with Gasteiger partial charge in [-0.1, -0.05) is 6.07 Å². The number of hydrogen-bond acceptors (Lipinski definition) is 2. The summed E-state index contributed by atoms with van der Waals surface area (Å²) >= 11 is 2.20. The maximum atomic E-state index is 11.9. The molecule has 0 fully saturated rings. The van der Waals surface area contributed by atoms with E-state index in [-0.39, 0.29) is 5.91 Å². The van der Waals surface area contributed by atoms with Crippen LogP contribution in [0, 0.1) is 3.57 Å². The first-order valence-electron chi connectivity index (χ1n) is 5.67. The number of benzene rings is 1. The normalized spacial score (nSPS) is 10.3. The molecule has 5 heteroatoms. The molecule has 18 heavy (non-hydrogen) atoms. The van der Waals surface area contributed by atoms with Crippen molar-refractivity contribution in [3.05, 3.63) is 51.4 Å². The van der Waals surface area contributed by atoms with Crippen LogP contribution in [0.1, 0.15) is 16.1 Å². The number of amides is 1. The van der Waals surface area contributed by atoms with E-state index in [9.17, 15) is 4.79 Å². The lowest BCUT2D eigenvalue weighted by atomic mass is 10.2. The van der Waals surface area contributed by atoms with Gasteiger partial charge in [0.2, 0.25) is 0 Å². The minimum absolute atomic E-state index is 0.0318.